The van der Waals surface area contributed by atoms with E-state index in [1.807, 2.05) is 24.3 Å². The van der Waals surface area contributed by atoms with Gasteiger partial charge in [0.2, 0.25) is 0 Å². The van der Waals surface area contributed by atoms with Gasteiger partial charge in [0.25, 0.3) is 0 Å². The van der Waals surface area contributed by atoms with E-state index in [0.717, 1.165) is 18.1 Å². The molecule has 2 aromatic rings. The van der Waals surface area contributed by atoms with Crippen molar-refractivity contribution < 1.29 is 8.78 Å². The van der Waals surface area contributed by atoms with Crippen molar-refractivity contribution in [2.45, 2.75) is 38.6 Å². The van der Waals surface area contributed by atoms with E-state index in [9.17, 15) is 8.78 Å². The first-order valence-corrected chi connectivity index (χ1v) is 7.15. The van der Waals surface area contributed by atoms with Crippen LogP contribution in [0.15, 0.2) is 42.5 Å². The number of hydrogen-bond donors (Lipinski definition) is 1. The smallest absolute Gasteiger partial charge is 0.126 e. The first kappa shape index (κ1) is 15.6. The zero-order chi connectivity index (χ0) is 15.6. The maximum Gasteiger partial charge on any atom is 0.126 e. The summed E-state index contributed by atoms with van der Waals surface area (Å²) < 4.78 is 26.5. The molecule has 1 unspecified atom stereocenters. The van der Waals surface area contributed by atoms with Crippen molar-refractivity contribution >= 4 is 0 Å². The molecular formula is C18H21F2N. The predicted molar refractivity (Wildman–Crippen MR) is 82.1 cm³/mol. The fourth-order valence-electron chi connectivity index (χ4n) is 2.29. The molecule has 0 bridgehead atoms. The number of rotatable bonds is 4. The minimum atomic E-state index is -0.607. The van der Waals surface area contributed by atoms with E-state index in [1.165, 1.54) is 17.7 Å². The fraction of sp³-hybridized carbons (Fsp3) is 0.333. The van der Waals surface area contributed by atoms with Gasteiger partial charge in [-0.1, -0.05) is 45.0 Å². The standard InChI is InChI=1S/C18H21F2N/c1-4-18(2,3)14-7-5-12(6-8-14)17(21)13-9-15(19)11-16(20)10-13/h5-11,17H,4,21H2,1-3H3. The summed E-state index contributed by atoms with van der Waals surface area (Å²) in [5.74, 6) is -1.21. The molecule has 2 rings (SSSR count). The van der Waals surface area contributed by atoms with E-state index < -0.39 is 17.7 Å². The molecule has 21 heavy (non-hydrogen) atoms. The molecule has 0 aliphatic rings. The van der Waals surface area contributed by atoms with Crippen LogP contribution in [0.3, 0.4) is 0 Å². The molecule has 1 nitrogen and oxygen atoms in total. The maximum atomic E-state index is 13.3. The zero-order valence-corrected chi connectivity index (χ0v) is 12.7. The van der Waals surface area contributed by atoms with Crippen LogP contribution in [-0.4, -0.2) is 0 Å². The Hall–Kier alpha value is -1.74. The Morgan fingerprint density at radius 1 is 0.952 bits per heavy atom. The summed E-state index contributed by atoms with van der Waals surface area (Å²) in [5.41, 5.74) is 8.73. The quantitative estimate of drug-likeness (QED) is 0.867. The van der Waals surface area contributed by atoms with Crippen molar-refractivity contribution in [1.29, 1.82) is 0 Å². The number of hydrogen-bond acceptors (Lipinski definition) is 1. The van der Waals surface area contributed by atoms with Crippen molar-refractivity contribution in [1.82, 2.24) is 0 Å². The zero-order valence-electron chi connectivity index (χ0n) is 12.7. The molecule has 0 aromatic heterocycles. The van der Waals surface area contributed by atoms with Gasteiger partial charge in [-0.2, -0.15) is 0 Å². The topological polar surface area (TPSA) is 26.0 Å². The summed E-state index contributed by atoms with van der Waals surface area (Å²) in [5, 5.41) is 0. The third kappa shape index (κ3) is 3.48. The van der Waals surface area contributed by atoms with Gasteiger partial charge in [-0.05, 0) is 40.7 Å². The van der Waals surface area contributed by atoms with Gasteiger partial charge in [-0.3, -0.25) is 0 Å². The lowest BCUT2D eigenvalue weighted by Gasteiger charge is -2.24. The van der Waals surface area contributed by atoms with Crippen molar-refractivity contribution in [2.24, 2.45) is 5.73 Å². The Bertz CT molecular complexity index is 597. The predicted octanol–water partition coefficient (Wildman–Crippen LogP) is 4.70. The first-order valence-electron chi connectivity index (χ1n) is 7.15. The molecular weight excluding hydrogens is 268 g/mol. The SMILES string of the molecule is CCC(C)(C)c1ccc(C(N)c2cc(F)cc(F)c2)cc1. The van der Waals surface area contributed by atoms with Crippen LogP contribution in [0.1, 0.15) is 49.9 Å². The van der Waals surface area contributed by atoms with Crippen LogP contribution in [0.25, 0.3) is 0 Å². The average molecular weight is 289 g/mol. The van der Waals surface area contributed by atoms with E-state index in [1.54, 1.807) is 0 Å². The normalized spacial score (nSPS) is 13.2. The van der Waals surface area contributed by atoms with Gasteiger partial charge in [0.15, 0.2) is 0 Å². The highest BCUT2D eigenvalue weighted by molar-refractivity contribution is 5.35. The van der Waals surface area contributed by atoms with Crippen molar-refractivity contribution in [3.8, 4) is 0 Å². The molecule has 0 fully saturated rings. The molecule has 0 amide bonds. The molecule has 0 heterocycles. The Kier molecular flexibility index (Phi) is 4.43. The molecule has 3 heteroatoms. The number of halogens is 2. The van der Waals surface area contributed by atoms with Gasteiger partial charge < -0.3 is 5.73 Å². The van der Waals surface area contributed by atoms with Gasteiger partial charge in [0.05, 0.1) is 6.04 Å². The minimum Gasteiger partial charge on any atom is -0.320 e. The second-order valence-electron chi connectivity index (χ2n) is 6.04. The molecule has 0 aliphatic heterocycles. The summed E-state index contributed by atoms with van der Waals surface area (Å²) in [6.07, 6.45) is 1.04. The summed E-state index contributed by atoms with van der Waals surface area (Å²) in [6, 6.07) is 10.8. The lowest BCUT2D eigenvalue weighted by Crippen LogP contribution is -2.16. The lowest BCUT2D eigenvalue weighted by molar-refractivity contribution is 0.506. The Morgan fingerprint density at radius 3 is 1.95 bits per heavy atom. The molecule has 0 spiro atoms. The van der Waals surface area contributed by atoms with Crippen LogP contribution >= 0.6 is 0 Å². The Labute approximate surface area is 124 Å². The minimum absolute atomic E-state index is 0.105. The molecule has 0 radical (unpaired) electrons. The highest BCUT2D eigenvalue weighted by Gasteiger charge is 2.18. The van der Waals surface area contributed by atoms with Gasteiger partial charge in [-0.25, -0.2) is 8.78 Å². The van der Waals surface area contributed by atoms with Crippen molar-refractivity contribution in [3.63, 3.8) is 0 Å². The van der Waals surface area contributed by atoms with E-state index >= 15 is 0 Å². The summed E-state index contributed by atoms with van der Waals surface area (Å²) >= 11 is 0. The average Bonchev–Trinajstić information content (AvgIpc) is 2.45. The Morgan fingerprint density at radius 2 is 1.48 bits per heavy atom. The van der Waals surface area contributed by atoms with E-state index in [0.29, 0.717) is 5.56 Å². The molecule has 1 atom stereocenters. The third-order valence-corrected chi connectivity index (χ3v) is 4.18. The number of nitrogens with two attached hydrogens (primary N) is 1. The van der Waals surface area contributed by atoms with Crippen molar-refractivity contribution in [3.05, 3.63) is 70.8 Å². The molecule has 2 aromatic carbocycles. The molecule has 0 saturated heterocycles. The summed E-state index contributed by atoms with van der Waals surface area (Å²) in [7, 11) is 0. The largest absolute Gasteiger partial charge is 0.320 e. The second-order valence-corrected chi connectivity index (χ2v) is 6.04. The molecule has 0 aliphatic carbocycles. The van der Waals surface area contributed by atoms with Gasteiger partial charge in [-0.15, -0.1) is 0 Å². The van der Waals surface area contributed by atoms with Crippen LogP contribution < -0.4 is 5.73 Å². The van der Waals surface area contributed by atoms with Crippen LogP contribution in [0.5, 0.6) is 0 Å². The van der Waals surface area contributed by atoms with Crippen LogP contribution in [0.4, 0.5) is 8.78 Å². The Balaban J connectivity index is 2.30. The number of benzene rings is 2. The van der Waals surface area contributed by atoms with E-state index in [2.05, 4.69) is 20.8 Å². The first-order chi connectivity index (χ1) is 9.83. The molecule has 112 valence electrons. The lowest BCUT2D eigenvalue weighted by atomic mass is 9.81. The maximum absolute atomic E-state index is 13.3. The summed E-state index contributed by atoms with van der Waals surface area (Å²) in [4.78, 5) is 0. The third-order valence-electron chi connectivity index (χ3n) is 4.18. The highest BCUT2D eigenvalue weighted by atomic mass is 19.1. The summed E-state index contributed by atoms with van der Waals surface area (Å²) in [6.45, 7) is 6.52. The van der Waals surface area contributed by atoms with Gasteiger partial charge in [0, 0.05) is 6.07 Å². The van der Waals surface area contributed by atoms with Crippen LogP contribution in [-0.2, 0) is 5.41 Å². The van der Waals surface area contributed by atoms with E-state index in [-0.39, 0.29) is 5.41 Å². The van der Waals surface area contributed by atoms with Gasteiger partial charge in [0.1, 0.15) is 11.6 Å². The molecule has 2 N–H and O–H groups in total. The van der Waals surface area contributed by atoms with E-state index in [4.69, 9.17) is 5.73 Å². The fourth-order valence-corrected chi connectivity index (χ4v) is 2.29. The van der Waals surface area contributed by atoms with Gasteiger partial charge >= 0.3 is 0 Å². The second kappa shape index (κ2) is 5.94. The van der Waals surface area contributed by atoms with Crippen LogP contribution in [0.2, 0.25) is 0 Å². The highest BCUT2D eigenvalue weighted by Crippen LogP contribution is 2.28. The monoisotopic (exact) mass is 289 g/mol. The van der Waals surface area contributed by atoms with Crippen molar-refractivity contribution in [2.75, 3.05) is 0 Å². The molecule has 0 saturated carbocycles. The van der Waals surface area contributed by atoms with Crippen LogP contribution in [0, 0.1) is 11.6 Å².